The van der Waals surface area contributed by atoms with Crippen LogP contribution in [-0.4, -0.2) is 15.9 Å². The number of rotatable bonds is 2. The van der Waals surface area contributed by atoms with Gasteiger partial charge in [0, 0.05) is 12.4 Å². The molecule has 0 aliphatic heterocycles. The van der Waals surface area contributed by atoms with Gasteiger partial charge in [-0.2, -0.15) is 0 Å². The number of anilines is 1. The van der Waals surface area contributed by atoms with Gasteiger partial charge in [-0.05, 0) is 34.1 Å². The predicted molar refractivity (Wildman–Crippen MR) is 64.1 cm³/mol. The summed E-state index contributed by atoms with van der Waals surface area (Å²) in [4.78, 5) is 19.3. The number of nitrogens with zero attached hydrogens (tertiary/aromatic N) is 2. The summed E-state index contributed by atoms with van der Waals surface area (Å²) in [5.74, 6) is -1.02. The van der Waals surface area contributed by atoms with E-state index in [1.807, 2.05) is 0 Å². The summed E-state index contributed by atoms with van der Waals surface area (Å²) in [6.07, 6.45) is 3.98. The van der Waals surface area contributed by atoms with Crippen LogP contribution in [0.4, 0.5) is 10.1 Å². The van der Waals surface area contributed by atoms with E-state index in [9.17, 15) is 9.18 Å². The maximum atomic E-state index is 13.3. The molecule has 0 atom stereocenters. The van der Waals surface area contributed by atoms with E-state index in [4.69, 9.17) is 0 Å². The minimum Gasteiger partial charge on any atom is -0.319 e. The van der Waals surface area contributed by atoms with Crippen LogP contribution in [0.25, 0.3) is 0 Å². The Kier molecular flexibility index (Phi) is 3.43. The average Bonchev–Trinajstić information content (AvgIpc) is 2.32. The number of hydrogen-bond donors (Lipinski definition) is 1. The molecule has 0 saturated carbocycles. The van der Waals surface area contributed by atoms with Crippen molar-refractivity contribution < 1.29 is 9.18 Å². The highest BCUT2D eigenvalue weighted by Gasteiger charge is 2.12. The first-order valence-electron chi connectivity index (χ1n) is 4.70. The molecule has 1 N–H and O–H groups in total. The molecule has 86 valence electrons. The standard InChI is InChI=1S/C11H7BrFN3O/c12-10-7(2-1-4-15-10)11(17)16-9-3-5-14-6-8(9)13/h1-6H,(H,14,16,17). The van der Waals surface area contributed by atoms with Crippen LogP contribution in [0.5, 0.6) is 0 Å². The number of amides is 1. The summed E-state index contributed by atoms with van der Waals surface area (Å²) in [6.45, 7) is 0. The van der Waals surface area contributed by atoms with Crippen molar-refractivity contribution in [3.63, 3.8) is 0 Å². The number of pyridine rings is 2. The second-order valence-electron chi connectivity index (χ2n) is 3.15. The Morgan fingerprint density at radius 1 is 1.35 bits per heavy atom. The lowest BCUT2D eigenvalue weighted by Gasteiger charge is -2.06. The van der Waals surface area contributed by atoms with Crippen molar-refractivity contribution in [1.82, 2.24) is 9.97 Å². The minimum absolute atomic E-state index is 0.0840. The summed E-state index contributed by atoms with van der Waals surface area (Å²) >= 11 is 3.15. The van der Waals surface area contributed by atoms with Crippen LogP contribution in [0.15, 0.2) is 41.4 Å². The molecular formula is C11H7BrFN3O. The van der Waals surface area contributed by atoms with E-state index in [-0.39, 0.29) is 5.69 Å². The Morgan fingerprint density at radius 3 is 2.88 bits per heavy atom. The molecule has 2 rings (SSSR count). The normalized spacial score (nSPS) is 10.0. The number of carbonyl (C=O) groups is 1. The molecule has 0 fully saturated rings. The molecule has 17 heavy (non-hydrogen) atoms. The number of carbonyl (C=O) groups excluding carboxylic acids is 1. The summed E-state index contributed by atoms with van der Waals surface area (Å²) in [6, 6.07) is 4.60. The van der Waals surface area contributed by atoms with E-state index in [2.05, 4.69) is 31.2 Å². The molecule has 6 heteroatoms. The number of nitrogens with one attached hydrogen (secondary N) is 1. The quantitative estimate of drug-likeness (QED) is 0.867. The zero-order valence-corrected chi connectivity index (χ0v) is 10.1. The molecule has 2 heterocycles. The second-order valence-corrected chi connectivity index (χ2v) is 3.90. The third kappa shape index (κ3) is 2.65. The van der Waals surface area contributed by atoms with Gasteiger partial charge in [0.2, 0.25) is 0 Å². The topological polar surface area (TPSA) is 54.9 Å². The van der Waals surface area contributed by atoms with Gasteiger partial charge in [0.05, 0.1) is 17.4 Å². The SMILES string of the molecule is O=C(Nc1ccncc1F)c1cccnc1Br. The molecule has 4 nitrogen and oxygen atoms in total. The Hall–Kier alpha value is -1.82. The van der Waals surface area contributed by atoms with E-state index in [1.165, 1.54) is 12.3 Å². The number of hydrogen-bond acceptors (Lipinski definition) is 3. The first-order valence-corrected chi connectivity index (χ1v) is 5.49. The summed E-state index contributed by atoms with van der Waals surface area (Å²) in [7, 11) is 0. The van der Waals surface area contributed by atoms with Crippen molar-refractivity contribution in [2.75, 3.05) is 5.32 Å². The zero-order valence-electron chi connectivity index (χ0n) is 8.52. The molecule has 2 aromatic heterocycles. The van der Waals surface area contributed by atoms with Gasteiger partial charge in [-0.15, -0.1) is 0 Å². The highest BCUT2D eigenvalue weighted by Crippen LogP contribution is 2.16. The van der Waals surface area contributed by atoms with Crippen LogP contribution in [0, 0.1) is 5.82 Å². The lowest BCUT2D eigenvalue weighted by molar-refractivity contribution is 0.102. The van der Waals surface area contributed by atoms with E-state index in [0.717, 1.165) is 6.20 Å². The van der Waals surface area contributed by atoms with Crippen molar-refractivity contribution in [2.24, 2.45) is 0 Å². The number of halogens is 2. The van der Waals surface area contributed by atoms with Crippen LogP contribution in [0.1, 0.15) is 10.4 Å². The fourth-order valence-corrected chi connectivity index (χ4v) is 1.65. The van der Waals surface area contributed by atoms with E-state index in [1.54, 1.807) is 18.3 Å². The number of aromatic nitrogens is 2. The van der Waals surface area contributed by atoms with Crippen LogP contribution < -0.4 is 5.32 Å². The summed E-state index contributed by atoms with van der Waals surface area (Å²) in [5, 5.41) is 2.44. The van der Waals surface area contributed by atoms with Gasteiger partial charge in [-0.3, -0.25) is 9.78 Å². The third-order valence-electron chi connectivity index (χ3n) is 2.02. The maximum absolute atomic E-state index is 13.3. The maximum Gasteiger partial charge on any atom is 0.258 e. The Bertz CT molecular complexity index is 562. The van der Waals surface area contributed by atoms with Gasteiger partial charge in [0.25, 0.3) is 5.91 Å². The predicted octanol–water partition coefficient (Wildman–Crippen LogP) is 2.63. The highest BCUT2D eigenvalue weighted by molar-refractivity contribution is 9.10. The molecule has 0 aliphatic carbocycles. The van der Waals surface area contributed by atoms with Crippen molar-refractivity contribution in [3.05, 3.63) is 52.8 Å². The molecule has 0 unspecified atom stereocenters. The molecule has 0 aromatic carbocycles. The first kappa shape index (κ1) is 11.7. The van der Waals surface area contributed by atoms with E-state index in [0.29, 0.717) is 10.2 Å². The van der Waals surface area contributed by atoms with Gasteiger partial charge < -0.3 is 5.32 Å². The van der Waals surface area contributed by atoms with Gasteiger partial charge in [0.15, 0.2) is 5.82 Å². The van der Waals surface area contributed by atoms with Crippen LogP contribution in [0.2, 0.25) is 0 Å². The van der Waals surface area contributed by atoms with Crippen LogP contribution in [0.3, 0.4) is 0 Å². The lowest BCUT2D eigenvalue weighted by atomic mass is 10.2. The average molecular weight is 296 g/mol. The van der Waals surface area contributed by atoms with E-state index < -0.39 is 11.7 Å². The molecule has 0 saturated heterocycles. The van der Waals surface area contributed by atoms with Gasteiger partial charge in [0.1, 0.15) is 4.60 Å². The monoisotopic (exact) mass is 295 g/mol. The molecule has 0 spiro atoms. The molecule has 1 amide bonds. The van der Waals surface area contributed by atoms with Gasteiger partial charge in [-0.25, -0.2) is 9.37 Å². The molecule has 0 aliphatic rings. The van der Waals surface area contributed by atoms with Gasteiger partial charge >= 0.3 is 0 Å². The minimum atomic E-state index is -0.583. The van der Waals surface area contributed by atoms with Crippen molar-refractivity contribution in [1.29, 1.82) is 0 Å². The highest BCUT2D eigenvalue weighted by atomic mass is 79.9. The lowest BCUT2D eigenvalue weighted by Crippen LogP contribution is -2.14. The summed E-state index contributed by atoms with van der Waals surface area (Å²) in [5.41, 5.74) is 0.421. The molecule has 0 radical (unpaired) electrons. The largest absolute Gasteiger partial charge is 0.319 e. The van der Waals surface area contributed by atoms with Crippen molar-refractivity contribution in [2.45, 2.75) is 0 Å². The Morgan fingerprint density at radius 2 is 2.18 bits per heavy atom. The van der Waals surface area contributed by atoms with Crippen LogP contribution in [-0.2, 0) is 0 Å². The fourth-order valence-electron chi connectivity index (χ4n) is 1.22. The zero-order chi connectivity index (χ0) is 12.3. The Labute approximate surface area is 105 Å². The Balaban J connectivity index is 2.24. The smallest absolute Gasteiger partial charge is 0.258 e. The summed E-state index contributed by atoms with van der Waals surface area (Å²) < 4.78 is 13.7. The van der Waals surface area contributed by atoms with Crippen molar-refractivity contribution >= 4 is 27.5 Å². The first-order chi connectivity index (χ1) is 8.18. The van der Waals surface area contributed by atoms with Gasteiger partial charge in [-0.1, -0.05) is 0 Å². The van der Waals surface area contributed by atoms with Crippen LogP contribution >= 0.6 is 15.9 Å². The third-order valence-corrected chi connectivity index (χ3v) is 2.66. The molecule has 0 bridgehead atoms. The van der Waals surface area contributed by atoms with Crippen molar-refractivity contribution in [3.8, 4) is 0 Å². The second kappa shape index (κ2) is 5.01. The molecular weight excluding hydrogens is 289 g/mol. The van der Waals surface area contributed by atoms with E-state index >= 15 is 0 Å². The molecule has 2 aromatic rings. The fraction of sp³-hybridized carbons (Fsp3) is 0.